The van der Waals surface area contributed by atoms with Gasteiger partial charge in [0, 0.05) is 10.7 Å². The molecule has 19 heavy (non-hydrogen) atoms. The number of hydrogen-bond acceptors (Lipinski definition) is 3. The van der Waals surface area contributed by atoms with Crippen molar-refractivity contribution in [1.29, 1.82) is 0 Å². The van der Waals surface area contributed by atoms with Crippen molar-refractivity contribution in [1.82, 2.24) is 9.97 Å². The van der Waals surface area contributed by atoms with Crippen LogP contribution >= 0.6 is 11.6 Å². The quantitative estimate of drug-likeness (QED) is 0.719. The van der Waals surface area contributed by atoms with Gasteiger partial charge in [-0.25, -0.2) is 4.98 Å². The number of rotatable bonds is 3. The number of H-pyrrole nitrogens is 1. The Morgan fingerprint density at radius 1 is 1.21 bits per heavy atom. The molecular weight excluding hydrogens is 262 g/mol. The van der Waals surface area contributed by atoms with Crippen molar-refractivity contribution < 1.29 is 4.74 Å². The number of halogens is 1. The highest BCUT2D eigenvalue weighted by atomic mass is 35.5. The van der Waals surface area contributed by atoms with E-state index in [1.165, 1.54) is 0 Å². The van der Waals surface area contributed by atoms with Crippen LogP contribution < -0.4 is 10.5 Å². The molecule has 4 nitrogen and oxygen atoms in total. The second-order valence-corrected chi connectivity index (χ2v) is 4.64. The van der Waals surface area contributed by atoms with Crippen molar-refractivity contribution in [2.24, 2.45) is 0 Å². The van der Waals surface area contributed by atoms with E-state index in [2.05, 4.69) is 9.97 Å². The van der Waals surface area contributed by atoms with Crippen LogP contribution in [0, 0.1) is 0 Å². The lowest BCUT2D eigenvalue weighted by atomic mass is 10.3. The van der Waals surface area contributed by atoms with Crippen molar-refractivity contribution in [2.45, 2.75) is 6.61 Å². The first-order valence-corrected chi connectivity index (χ1v) is 6.21. The summed E-state index contributed by atoms with van der Waals surface area (Å²) in [4.78, 5) is 7.59. The van der Waals surface area contributed by atoms with Crippen molar-refractivity contribution >= 4 is 28.3 Å². The highest BCUT2D eigenvalue weighted by molar-refractivity contribution is 6.30. The molecule has 1 aromatic heterocycles. The minimum absolute atomic E-state index is 0.356. The van der Waals surface area contributed by atoms with Gasteiger partial charge in [-0.3, -0.25) is 0 Å². The van der Waals surface area contributed by atoms with E-state index in [-0.39, 0.29) is 0 Å². The van der Waals surface area contributed by atoms with Crippen molar-refractivity contribution in [2.75, 3.05) is 5.73 Å². The van der Waals surface area contributed by atoms with Crippen LogP contribution in [-0.4, -0.2) is 9.97 Å². The third kappa shape index (κ3) is 2.63. The predicted octanol–water partition coefficient (Wildman–Crippen LogP) is 3.38. The van der Waals surface area contributed by atoms with Crippen LogP contribution in [0.4, 0.5) is 5.69 Å². The first-order valence-electron chi connectivity index (χ1n) is 5.83. The number of nitrogens with one attached hydrogen (secondary N) is 1. The summed E-state index contributed by atoms with van der Waals surface area (Å²) in [5, 5.41) is 0.648. The van der Waals surface area contributed by atoms with Gasteiger partial charge >= 0.3 is 0 Å². The third-order valence-corrected chi connectivity index (χ3v) is 2.96. The number of aromatic nitrogens is 2. The summed E-state index contributed by atoms with van der Waals surface area (Å²) < 4.78 is 5.62. The molecule has 0 aliphatic carbocycles. The van der Waals surface area contributed by atoms with Gasteiger partial charge in [0.1, 0.15) is 18.2 Å². The van der Waals surface area contributed by atoms with E-state index in [4.69, 9.17) is 22.1 Å². The van der Waals surface area contributed by atoms with Gasteiger partial charge in [0.25, 0.3) is 0 Å². The van der Waals surface area contributed by atoms with Crippen LogP contribution in [0.2, 0.25) is 5.02 Å². The fourth-order valence-corrected chi connectivity index (χ4v) is 2.04. The Balaban J connectivity index is 1.78. The molecule has 0 aliphatic heterocycles. The van der Waals surface area contributed by atoms with Crippen molar-refractivity contribution in [3.63, 3.8) is 0 Å². The Morgan fingerprint density at radius 2 is 2.11 bits per heavy atom. The number of nitrogens with two attached hydrogens (primary N) is 1. The topological polar surface area (TPSA) is 63.9 Å². The summed E-state index contributed by atoms with van der Waals surface area (Å²) >= 11 is 5.89. The standard InChI is InChI=1S/C14H12ClN3O/c15-9-2-1-3-11(6-9)19-8-14-17-12-5-4-10(16)7-13(12)18-14/h1-7H,8,16H2,(H,17,18). The zero-order chi connectivity index (χ0) is 13.2. The lowest BCUT2D eigenvalue weighted by Crippen LogP contribution is -1.97. The van der Waals surface area contributed by atoms with Gasteiger partial charge in [-0.05, 0) is 36.4 Å². The van der Waals surface area contributed by atoms with Crippen molar-refractivity contribution in [3.05, 3.63) is 53.3 Å². The van der Waals surface area contributed by atoms with Gasteiger partial charge < -0.3 is 15.5 Å². The summed E-state index contributed by atoms with van der Waals surface area (Å²) in [6.45, 7) is 0.356. The minimum Gasteiger partial charge on any atom is -0.486 e. The SMILES string of the molecule is Nc1ccc2nc(COc3cccc(Cl)c3)[nH]c2c1. The average molecular weight is 274 g/mol. The second kappa shape index (κ2) is 4.82. The smallest absolute Gasteiger partial charge is 0.146 e. The van der Waals surface area contributed by atoms with Gasteiger partial charge in [-0.15, -0.1) is 0 Å². The normalized spacial score (nSPS) is 10.8. The molecule has 0 saturated heterocycles. The Hall–Kier alpha value is -2.20. The number of anilines is 1. The summed E-state index contributed by atoms with van der Waals surface area (Å²) in [5.74, 6) is 1.47. The molecule has 0 unspecified atom stereocenters. The van der Waals surface area contributed by atoms with E-state index in [1.807, 2.05) is 30.3 Å². The van der Waals surface area contributed by atoms with Crippen LogP contribution in [0.15, 0.2) is 42.5 Å². The number of hydrogen-bond donors (Lipinski definition) is 2. The van der Waals surface area contributed by atoms with Gasteiger partial charge in [-0.1, -0.05) is 17.7 Å². The average Bonchev–Trinajstić information content (AvgIpc) is 2.78. The number of benzene rings is 2. The monoisotopic (exact) mass is 273 g/mol. The van der Waals surface area contributed by atoms with Crippen LogP contribution in [-0.2, 0) is 6.61 Å². The Morgan fingerprint density at radius 3 is 2.95 bits per heavy atom. The molecule has 2 aromatic carbocycles. The van der Waals surface area contributed by atoms with E-state index in [0.717, 1.165) is 16.9 Å². The van der Waals surface area contributed by atoms with Gasteiger partial charge in [-0.2, -0.15) is 0 Å². The first-order chi connectivity index (χ1) is 9.20. The molecule has 0 bridgehead atoms. The number of nitrogen functional groups attached to an aromatic ring is 1. The molecule has 0 saturated carbocycles. The van der Waals surface area contributed by atoms with E-state index < -0.39 is 0 Å². The number of fused-ring (bicyclic) bond motifs is 1. The van der Waals surface area contributed by atoms with Crippen LogP contribution in [0.5, 0.6) is 5.75 Å². The first kappa shape index (κ1) is 11.9. The molecular formula is C14H12ClN3O. The van der Waals surface area contributed by atoms with Crippen LogP contribution in [0.25, 0.3) is 11.0 Å². The molecule has 3 rings (SSSR count). The summed E-state index contributed by atoms with van der Waals surface area (Å²) in [6, 6.07) is 12.8. The molecule has 0 atom stereocenters. The molecule has 96 valence electrons. The molecule has 0 radical (unpaired) electrons. The van der Waals surface area contributed by atoms with E-state index in [9.17, 15) is 0 Å². The summed E-state index contributed by atoms with van der Waals surface area (Å²) in [7, 11) is 0. The molecule has 1 heterocycles. The molecule has 0 spiro atoms. The number of imidazole rings is 1. The zero-order valence-electron chi connectivity index (χ0n) is 10.1. The fraction of sp³-hybridized carbons (Fsp3) is 0.0714. The molecule has 0 aliphatic rings. The van der Waals surface area contributed by atoms with E-state index in [0.29, 0.717) is 23.1 Å². The molecule has 5 heteroatoms. The van der Waals surface area contributed by atoms with Crippen molar-refractivity contribution in [3.8, 4) is 5.75 Å². The van der Waals surface area contributed by atoms with Crippen LogP contribution in [0.1, 0.15) is 5.82 Å². The van der Waals surface area contributed by atoms with Gasteiger partial charge in [0.05, 0.1) is 11.0 Å². The maximum absolute atomic E-state index is 5.89. The summed E-state index contributed by atoms with van der Waals surface area (Å²) in [6.07, 6.45) is 0. The van der Waals surface area contributed by atoms with Gasteiger partial charge in [0.15, 0.2) is 0 Å². The lowest BCUT2D eigenvalue weighted by molar-refractivity contribution is 0.297. The number of nitrogens with zero attached hydrogens (tertiary/aromatic N) is 1. The molecule has 0 fully saturated rings. The number of aromatic amines is 1. The van der Waals surface area contributed by atoms with Crippen LogP contribution in [0.3, 0.4) is 0 Å². The summed E-state index contributed by atoms with van der Waals surface area (Å²) in [5.41, 5.74) is 8.21. The molecule has 3 aromatic rings. The third-order valence-electron chi connectivity index (χ3n) is 2.73. The van der Waals surface area contributed by atoms with Gasteiger partial charge in [0.2, 0.25) is 0 Å². The largest absolute Gasteiger partial charge is 0.486 e. The molecule has 3 N–H and O–H groups in total. The lowest BCUT2D eigenvalue weighted by Gasteiger charge is -2.03. The predicted molar refractivity (Wildman–Crippen MR) is 76.3 cm³/mol. The zero-order valence-corrected chi connectivity index (χ0v) is 10.8. The van der Waals surface area contributed by atoms with E-state index >= 15 is 0 Å². The highest BCUT2D eigenvalue weighted by Crippen LogP contribution is 2.19. The highest BCUT2D eigenvalue weighted by Gasteiger charge is 2.04. The Labute approximate surface area is 115 Å². The number of ether oxygens (including phenoxy) is 1. The fourth-order valence-electron chi connectivity index (χ4n) is 1.86. The maximum atomic E-state index is 5.89. The maximum Gasteiger partial charge on any atom is 0.146 e. The van der Waals surface area contributed by atoms with E-state index in [1.54, 1.807) is 12.1 Å². The Bertz CT molecular complexity index is 724. The minimum atomic E-state index is 0.356. The molecule has 0 amide bonds. The second-order valence-electron chi connectivity index (χ2n) is 4.21. The Kier molecular flexibility index (Phi) is 3.01.